The van der Waals surface area contributed by atoms with Crippen molar-refractivity contribution in [2.24, 2.45) is 34.5 Å². The van der Waals surface area contributed by atoms with E-state index in [1.165, 1.54) is 57.8 Å². The molecule has 1 nitrogen and oxygen atoms in total. The van der Waals surface area contributed by atoms with Gasteiger partial charge in [0.2, 0.25) is 0 Å². The summed E-state index contributed by atoms with van der Waals surface area (Å²) in [5.74, 6) is 4.13. The Labute approximate surface area is 123 Å². The van der Waals surface area contributed by atoms with Crippen molar-refractivity contribution in [3.63, 3.8) is 0 Å². The van der Waals surface area contributed by atoms with E-state index in [1.807, 2.05) is 0 Å². The molecular formula is C19H30O. The molecule has 112 valence electrons. The van der Waals surface area contributed by atoms with Crippen molar-refractivity contribution < 1.29 is 4.79 Å². The van der Waals surface area contributed by atoms with Crippen molar-refractivity contribution >= 4 is 5.78 Å². The molecule has 0 saturated heterocycles. The molecule has 20 heavy (non-hydrogen) atoms. The van der Waals surface area contributed by atoms with Gasteiger partial charge in [-0.1, -0.05) is 26.7 Å². The number of carbonyl (C=O) groups excluding carboxylic acids is 1. The molecule has 0 aromatic carbocycles. The van der Waals surface area contributed by atoms with Crippen LogP contribution in [0.25, 0.3) is 0 Å². The first-order valence-electron chi connectivity index (χ1n) is 9.09. The maximum atomic E-state index is 12.4. The number of Topliss-reactive ketones (excluding diaryl/α,β-unsaturated/α-hetero) is 1. The summed E-state index contributed by atoms with van der Waals surface area (Å²) in [7, 11) is 0. The Kier molecular flexibility index (Phi) is 2.89. The van der Waals surface area contributed by atoms with Crippen LogP contribution < -0.4 is 0 Å². The molecule has 6 atom stereocenters. The third-order valence-corrected chi connectivity index (χ3v) is 8.29. The van der Waals surface area contributed by atoms with Crippen LogP contribution in [0.5, 0.6) is 0 Å². The lowest BCUT2D eigenvalue weighted by atomic mass is 9.45. The second-order valence-electron chi connectivity index (χ2n) is 8.82. The maximum Gasteiger partial charge on any atom is 0.139 e. The molecular weight excluding hydrogens is 244 g/mol. The number of ketones is 1. The number of carbonyl (C=O) groups is 1. The highest BCUT2D eigenvalue weighted by Crippen LogP contribution is 2.65. The minimum atomic E-state index is 0.0685. The van der Waals surface area contributed by atoms with Gasteiger partial charge in [0.15, 0.2) is 0 Å². The summed E-state index contributed by atoms with van der Waals surface area (Å²) in [6.45, 7) is 4.92. The van der Waals surface area contributed by atoms with Gasteiger partial charge in [0.1, 0.15) is 5.78 Å². The van der Waals surface area contributed by atoms with Crippen molar-refractivity contribution in [2.45, 2.75) is 78.1 Å². The summed E-state index contributed by atoms with van der Waals surface area (Å²) in [5, 5.41) is 0. The van der Waals surface area contributed by atoms with Crippen LogP contribution in [0.4, 0.5) is 0 Å². The van der Waals surface area contributed by atoms with Gasteiger partial charge < -0.3 is 0 Å². The molecule has 0 heterocycles. The van der Waals surface area contributed by atoms with E-state index in [1.54, 1.807) is 0 Å². The van der Waals surface area contributed by atoms with Gasteiger partial charge in [-0.05, 0) is 74.0 Å². The topological polar surface area (TPSA) is 17.1 Å². The van der Waals surface area contributed by atoms with E-state index in [-0.39, 0.29) is 5.41 Å². The predicted octanol–water partition coefficient (Wildman–Crippen LogP) is 4.99. The average Bonchev–Trinajstić information content (AvgIpc) is 2.74. The summed E-state index contributed by atoms with van der Waals surface area (Å²) >= 11 is 0. The van der Waals surface area contributed by atoms with E-state index in [0.29, 0.717) is 11.2 Å². The zero-order valence-corrected chi connectivity index (χ0v) is 13.3. The Morgan fingerprint density at radius 1 is 0.900 bits per heavy atom. The summed E-state index contributed by atoms with van der Waals surface area (Å²) in [5.41, 5.74) is 0.688. The van der Waals surface area contributed by atoms with Crippen LogP contribution in [0.2, 0.25) is 0 Å². The smallest absolute Gasteiger partial charge is 0.139 e. The van der Waals surface area contributed by atoms with Gasteiger partial charge in [0.05, 0.1) is 0 Å². The quantitative estimate of drug-likeness (QED) is 0.608. The SMILES string of the molecule is C[C@]12CCCC[C@@H]1CC[C@@H]1C3CCC(=O)[C@@]3(C)CC[C@H]12. The number of rotatable bonds is 0. The lowest BCUT2D eigenvalue weighted by Crippen LogP contribution is -2.52. The van der Waals surface area contributed by atoms with Crippen molar-refractivity contribution in [2.75, 3.05) is 0 Å². The molecule has 0 amide bonds. The molecule has 4 fully saturated rings. The van der Waals surface area contributed by atoms with Gasteiger partial charge in [-0.3, -0.25) is 4.79 Å². The van der Waals surface area contributed by atoms with E-state index >= 15 is 0 Å². The van der Waals surface area contributed by atoms with E-state index in [9.17, 15) is 4.79 Å². The van der Waals surface area contributed by atoms with Crippen molar-refractivity contribution in [1.29, 1.82) is 0 Å². The molecule has 0 aliphatic heterocycles. The van der Waals surface area contributed by atoms with Crippen LogP contribution >= 0.6 is 0 Å². The highest BCUT2D eigenvalue weighted by Gasteiger charge is 2.59. The van der Waals surface area contributed by atoms with Gasteiger partial charge in [-0.25, -0.2) is 0 Å². The Morgan fingerprint density at radius 2 is 1.75 bits per heavy atom. The molecule has 0 spiro atoms. The second kappa shape index (κ2) is 4.34. The lowest BCUT2D eigenvalue weighted by molar-refractivity contribution is -0.138. The van der Waals surface area contributed by atoms with E-state index in [2.05, 4.69) is 13.8 Å². The largest absolute Gasteiger partial charge is 0.299 e. The summed E-state index contributed by atoms with van der Waals surface area (Å²) in [4.78, 5) is 12.4. The number of fused-ring (bicyclic) bond motifs is 5. The van der Waals surface area contributed by atoms with Gasteiger partial charge in [0.25, 0.3) is 0 Å². The molecule has 0 N–H and O–H groups in total. The van der Waals surface area contributed by atoms with Crippen molar-refractivity contribution in [3.05, 3.63) is 0 Å². The normalized spacial score (nSPS) is 55.0. The molecule has 0 aromatic rings. The van der Waals surface area contributed by atoms with Crippen LogP contribution in [0.1, 0.15) is 78.1 Å². The first-order chi connectivity index (χ1) is 9.56. The number of hydrogen-bond acceptors (Lipinski definition) is 1. The molecule has 1 heteroatoms. The molecule has 0 radical (unpaired) electrons. The average molecular weight is 274 g/mol. The van der Waals surface area contributed by atoms with Gasteiger partial charge in [0, 0.05) is 11.8 Å². The standard InChI is InChI=1S/C19H30O/c1-18-11-4-3-5-13(18)6-7-14-15-8-9-17(20)19(15,2)12-10-16(14)18/h13-16H,3-12H2,1-2H3/t13-,14-,15?,16-,18+,19+/m1/s1. The second-order valence-corrected chi connectivity index (χ2v) is 8.82. The highest BCUT2D eigenvalue weighted by atomic mass is 16.1. The monoisotopic (exact) mass is 274 g/mol. The summed E-state index contributed by atoms with van der Waals surface area (Å²) in [6, 6.07) is 0. The van der Waals surface area contributed by atoms with Gasteiger partial charge in [-0.15, -0.1) is 0 Å². The zero-order chi connectivity index (χ0) is 14.0. The first-order valence-corrected chi connectivity index (χ1v) is 9.09. The van der Waals surface area contributed by atoms with E-state index in [0.717, 1.165) is 30.1 Å². The van der Waals surface area contributed by atoms with Crippen LogP contribution in [0.15, 0.2) is 0 Å². The summed E-state index contributed by atoms with van der Waals surface area (Å²) < 4.78 is 0. The third-order valence-electron chi connectivity index (χ3n) is 8.29. The lowest BCUT2D eigenvalue weighted by Gasteiger charge is -2.59. The molecule has 0 bridgehead atoms. The molecule has 0 aromatic heterocycles. The number of hydrogen-bond donors (Lipinski definition) is 0. The van der Waals surface area contributed by atoms with Crippen LogP contribution in [-0.4, -0.2) is 5.78 Å². The Hall–Kier alpha value is -0.330. The summed E-state index contributed by atoms with van der Waals surface area (Å²) in [6.07, 6.45) is 13.4. The zero-order valence-electron chi connectivity index (χ0n) is 13.3. The Bertz CT molecular complexity index is 427. The highest BCUT2D eigenvalue weighted by molar-refractivity contribution is 5.87. The predicted molar refractivity (Wildman–Crippen MR) is 81.4 cm³/mol. The van der Waals surface area contributed by atoms with E-state index in [4.69, 9.17) is 0 Å². The molecule has 4 aliphatic carbocycles. The van der Waals surface area contributed by atoms with Crippen LogP contribution in [-0.2, 0) is 4.79 Å². The van der Waals surface area contributed by atoms with Gasteiger partial charge in [-0.2, -0.15) is 0 Å². The van der Waals surface area contributed by atoms with Crippen molar-refractivity contribution in [1.82, 2.24) is 0 Å². The minimum Gasteiger partial charge on any atom is -0.299 e. The molecule has 4 saturated carbocycles. The fraction of sp³-hybridized carbons (Fsp3) is 0.947. The van der Waals surface area contributed by atoms with Crippen LogP contribution in [0, 0.1) is 34.5 Å². The molecule has 4 rings (SSSR count). The third kappa shape index (κ3) is 1.58. The van der Waals surface area contributed by atoms with Crippen molar-refractivity contribution in [3.8, 4) is 0 Å². The molecule has 1 unspecified atom stereocenters. The fourth-order valence-corrected chi connectivity index (χ4v) is 7.07. The van der Waals surface area contributed by atoms with Crippen LogP contribution in [0.3, 0.4) is 0 Å². The Morgan fingerprint density at radius 3 is 2.60 bits per heavy atom. The Balaban J connectivity index is 1.66. The molecule has 4 aliphatic rings. The first kappa shape index (κ1) is 13.3. The maximum absolute atomic E-state index is 12.4. The minimum absolute atomic E-state index is 0.0685. The van der Waals surface area contributed by atoms with E-state index < -0.39 is 0 Å². The fourth-order valence-electron chi connectivity index (χ4n) is 7.07. The van der Waals surface area contributed by atoms with Gasteiger partial charge >= 0.3 is 0 Å².